The average Bonchev–Trinajstić information content (AvgIpc) is 2.43. The minimum Gasteiger partial charge on any atom is -0.478 e. The first-order valence-electron chi connectivity index (χ1n) is 6.22. The van der Waals surface area contributed by atoms with Crippen LogP contribution in [0.5, 0.6) is 0 Å². The normalized spacial score (nSPS) is 10.8. The van der Waals surface area contributed by atoms with Gasteiger partial charge >= 0.3 is 5.97 Å². The van der Waals surface area contributed by atoms with E-state index in [1.165, 1.54) is 11.8 Å². The minimum atomic E-state index is -1.20. The zero-order valence-electron chi connectivity index (χ0n) is 11.4. The zero-order chi connectivity index (χ0) is 15.1. The van der Waals surface area contributed by atoms with Crippen LogP contribution >= 0.6 is 11.8 Å². The topological polar surface area (TPSA) is 96.6 Å². The van der Waals surface area contributed by atoms with Gasteiger partial charge in [-0.25, -0.2) is 9.78 Å². The molecule has 0 unspecified atom stereocenters. The van der Waals surface area contributed by atoms with Gasteiger partial charge in [-0.3, -0.25) is 10.1 Å². The van der Waals surface area contributed by atoms with Crippen molar-refractivity contribution in [3.05, 3.63) is 27.9 Å². The van der Waals surface area contributed by atoms with E-state index >= 15 is 0 Å². The van der Waals surface area contributed by atoms with Crippen LogP contribution in [0.15, 0.2) is 17.3 Å². The Labute approximate surface area is 121 Å². The van der Waals surface area contributed by atoms with Crippen LogP contribution in [-0.4, -0.2) is 51.3 Å². The Morgan fingerprint density at radius 3 is 2.65 bits per heavy atom. The van der Waals surface area contributed by atoms with Gasteiger partial charge in [0.05, 0.1) is 10.5 Å². The predicted molar refractivity (Wildman–Crippen MR) is 76.4 cm³/mol. The van der Waals surface area contributed by atoms with Crippen molar-refractivity contribution in [3.8, 4) is 0 Å². The molecule has 1 rings (SSSR count). The van der Waals surface area contributed by atoms with Crippen molar-refractivity contribution in [2.45, 2.75) is 18.9 Å². The number of nitro groups is 1. The lowest BCUT2D eigenvalue weighted by atomic mass is 10.3. The van der Waals surface area contributed by atoms with Crippen LogP contribution in [0.25, 0.3) is 0 Å². The molecule has 8 heteroatoms. The fourth-order valence-corrected chi connectivity index (χ4v) is 2.59. The Bertz CT molecular complexity index is 492. The van der Waals surface area contributed by atoms with Gasteiger partial charge in [-0.2, -0.15) is 0 Å². The molecule has 0 aliphatic carbocycles. The van der Waals surface area contributed by atoms with Crippen LogP contribution in [0.1, 0.15) is 24.2 Å². The smallest absolute Gasteiger partial charge is 0.338 e. The quantitative estimate of drug-likeness (QED) is 0.446. The molecule has 0 saturated heterocycles. The van der Waals surface area contributed by atoms with Gasteiger partial charge in [0, 0.05) is 18.4 Å². The first-order chi connectivity index (χ1) is 9.49. The van der Waals surface area contributed by atoms with E-state index in [2.05, 4.69) is 23.7 Å². The number of hydrogen-bond acceptors (Lipinski definition) is 6. The second kappa shape index (κ2) is 7.81. The van der Waals surface area contributed by atoms with E-state index in [4.69, 9.17) is 5.11 Å². The average molecular weight is 299 g/mol. The third kappa shape index (κ3) is 4.46. The number of hydrogen-bond donors (Lipinski definition) is 1. The first kappa shape index (κ1) is 16.4. The molecule has 1 N–H and O–H groups in total. The summed E-state index contributed by atoms with van der Waals surface area (Å²) < 4.78 is 0. The minimum absolute atomic E-state index is 0.122. The SMILES string of the molecule is CCN(CC)CCSc1ncc([N+](=O)[O-])cc1C(=O)O. The fraction of sp³-hybridized carbons (Fsp3) is 0.500. The van der Waals surface area contributed by atoms with Crippen LogP contribution in [0.4, 0.5) is 5.69 Å². The van der Waals surface area contributed by atoms with E-state index in [1.807, 2.05) is 0 Å². The number of carboxylic acids is 1. The van der Waals surface area contributed by atoms with E-state index in [0.717, 1.165) is 31.9 Å². The molecule has 0 atom stereocenters. The molecule has 1 aromatic rings. The first-order valence-corrected chi connectivity index (χ1v) is 7.21. The van der Waals surface area contributed by atoms with Crippen molar-refractivity contribution >= 4 is 23.4 Å². The molecule has 0 amide bonds. The van der Waals surface area contributed by atoms with Crippen LogP contribution in [-0.2, 0) is 0 Å². The van der Waals surface area contributed by atoms with Gasteiger partial charge in [0.15, 0.2) is 0 Å². The number of rotatable bonds is 8. The lowest BCUT2D eigenvalue weighted by Crippen LogP contribution is -2.25. The van der Waals surface area contributed by atoms with Crippen molar-refractivity contribution in [1.82, 2.24) is 9.88 Å². The van der Waals surface area contributed by atoms with Crippen molar-refractivity contribution in [2.75, 3.05) is 25.4 Å². The maximum atomic E-state index is 11.1. The van der Waals surface area contributed by atoms with Gasteiger partial charge in [0.25, 0.3) is 5.69 Å². The molecule has 110 valence electrons. The number of thioether (sulfide) groups is 1. The van der Waals surface area contributed by atoms with Gasteiger partial charge in [0.1, 0.15) is 11.2 Å². The number of carbonyl (C=O) groups is 1. The van der Waals surface area contributed by atoms with Gasteiger partial charge in [-0.05, 0) is 13.1 Å². The molecule has 20 heavy (non-hydrogen) atoms. The Morgan fingerprint density at radius 2 is 2.15 bits per heavy atom. The molecule has 1 heterocycles. The highest BCUT2D eigenvalue weighted by Crippen LogP contribution is 2.24. The Morgan fingerprint density at radius 1 is 1.50 bits per heavy atom. The molecular formula is C12H17N3O4S. The largest absolute Gasteiger partial charge is 0.478 e. The van der Waals surface area contributed by atoms with Gasteiger partial charge < -0.3 is 10.0 Å². The molecule has 0 bridgehead atoms. The van der Waals surface area contributed by atoms with Crippen molar-refractivity contribution in [3.63, 3.8) is 0 Å². The fourth-order valence-electron chi connectivity index (χ4n) is 1.62. The zero-order valence-corrected chi connectivity index (χ0v) is 12.2. The Kier molecular flexibility index (Phi) is 6.40. The molecule has 0 aromatic carbocycles. The number of nitrogens with zero attached hydrogens (tertiary/aromatic N) is 3. The van der Waals surface area contributed by atoms with E-state index < -0.39 is 10.9 Å². The summed E-state index contributed by atoms with van der Waals surface area (Å²) in [7, 11) is 0. The third-order valence-electron chi connectivity index (χ3n) is 2.82. The van der Waals surface area contributed by atoms with Crippen molar-refractivity contribution < 1.29 is 14.8 Å². The lowest BCUT2D eigenvalue weighted by Gasteiger charge is -2.17. The third-order valence-corrected chi connectivity index (χ3v) is 3.80. The number of aromatic nitrogens is 1. The molecular weight excluding hydrogens is 282 g/mol. The lowest BCUT2D eigenvalue weighted by molar-refractivity contribution is -0.385. The van der Waals surface area contributed by atoms with Crippen LogP contribution < -0.4 is 0 Å². The summed E-state index contributed by atoms with van der Waals surface area (Å²) in [4.78, 5) is 27.2. The standard InChI is InChI=1S/C12H17N3O4S/c1-3-14(4-2)5-6-20-11-10(12(16)17)7-9(8-13-11)15(18)19/h7-8H,3-6H2,1-2H3,(H,16,17). The van der Waals surface area contributed by atoms with Crippen molar-refractivity contribution in [2.24, 2.45) is 0 Å². The summed E-state index contributed by atoms with van der Waals surface area (Å²) in [5.41, 5.74) is -0.431. The number of carboxylic acid groups (broad SMARTS) is 1. The highest BCUT2D eigenvalue weighted by atomic mass is 32.2. The molecule has 0 aliphatic rings. The van der Waals surface area contributed by atoms with Crippen molar-refractivity contribution in [1.29, 1.82) is 0 Å². The van der Waals surface area contributed by atoms with Crippen LogP contribution in [0.2, 0.25) is 0 Å². The second-order valence-corrected chi connectivity index (χ2v) is 5.07. The maximum Gasteiger partial charge on any atom is 0.338 e. The second-order valence-electron chi connectivity index (χ2n) is 3.98. The number of aromatic carboxylic acids is 1. The molecule has 0 spiro atoms. The van der Waals surface area contributed by atoms with E-state index in [1.54, 1.807) is 0 Å². The maximum absolute atomic E-state index is 11.1. The Balaban J connectivity index is 2.79. The molecule has 0 radical (unpaired) electrons. The van der Waals surface area contributed by atoms with E-state index in [0.29, 0.717) is 10.8 Å². The summed E-state index contributed by atoms with van der Waals surface area (Å²) in [5, 5.41) is 20.0. The molecule has 0 aliphatic heterocycles. The summed E-state index contributed by atoms with van der Waals surface area (Å²) in [5.74, 6) is -0.515. The molecule has 1 aromatic heterocycles. The predicted octanol–water partition coefficient (Wildman–Crippen LogP) is 2.12. The number of pyridine rings is 1. The summed E-state index contributed by atoms with van der Waals surface area (Å²) >= 11 is 1.30. The summed E-state index contributed by atoms with van der Waals surface area (Å²) in [6.45, 7) is 6.78. The highest BCUT2D eigenvalue weighted by Gasteiger charge is 2.17. The molecule has 0 fully saturated rings. The molecule has 7 nitrogen and oxygen atoms in total. The van der Waals surface area contributed by atoms with Crippen LogP contribution in [0.3, 0.4) is 0 Å². The van der Waals surface area contributed by atoms with E-state index in [9.17, 15) is 14.9 Å². The van der Waals surface area contributed by atoms with Gasteiger partial charge in [-0.1, -0.05) is 13.8 Å². The Hall–Kier alpha value is -1.67. The highest BCUT2D eigenvalue weighted by molar-refractivity contribution is 7.99. The van der Waals surface area contributed by atoms with Crippen LogP contribution in [0, 0.1) is 10.1 Å². The van der Waals surface area contributed by atoms with Gasteiger partial charge in [-0.15, -0.1) is 11.8 Å². The molecule has 0 saturated carbocycles. The monoisotopic (exact) mass is 299 g/mol. The van der Waals surface area contributed by atoms with E-state index in [-0.39, 0.29) is 11.3 Å². The van der Waals surface area contributed by atoms with Gasteiger partial charge in [0.2, 0.25) is 0 Å². The summed E-state index contributed by atoms with van der Waals surface area (Å²) in [6, 6.07) is 1.05. The summed E-state index contributed by atoms with van der Waals surface area (Å²) in [6.07, 6.45) is 1.09.